The van der Waals surface area contributed by atoms with Gasteiger partial charge in [-0.1, -0.05) is 0 Å². The molecule has 0 fully saturated rings. The van der Waals surface area contributed by atoms with Crippen molar-refractivity contribution in [1.29, 1.82) is 0 Å². The van der Waals surface area contributed by atoms with Crippen molar-refractivity contribution in [3.63, 3.8) is 0 Å². The van der Waals surface area contributed by atoms with E-state index in [1.54, 1.807) is 6.20 Å². The molecule has 0 bridgehead atoms. The van der Waals surface area contributed by atoms with E-state index in [1.165, 1.54) is 0 Å². The average molecular weight is 225 g/mol. The first-order chi connectivity index (χ1) is 7.20. The fourth-order valence-electron chi connectivity index (χ4n) is 1.43. The summed E-state index contributed by atoms with van der Waals surface area (Å²) < 4.78 is 1.81. The zero-order chi connectivity index (χ0) is 10.8. The van der Waals surface area contributed by atoms with Crippen LogP contribution in [-0.2, 0) is 0 Å². The molecule has 2 aromatic rings. The summed E-state index contributed by atoms with van der Waals surface area (Å²) in [6.07, 6.45) is 3.56. The Morgan fingerprint density at radius 3 is 3.13 bits per heavy atom. The van der Waals surface area contributed by atoms with E-state index in [0.29, 0.717) is 5.88 Å². The molecule has 0 aliphatic rings. The number of aromatic nitrogens is 3. The molecule has 0 aliphatic carbocycles. The van der Waals surface area contributed by atoms with Gasteiger partial charge in [0.15, 0.2) is 5.82 Å². The van der Waals surface area contributed by atoms with Gasteiger partial charge in [0, 0.05) is 24.3 Å². The van der Waals surface area contributed by atoms with Crippen LogP contribution < -0.4 is 5.32 Å². The number of fused-ring (bicyclic) bond motifs is 1. The number of anilines is 1. The molecule has 0 spiro atoms. The number of alkyl halides is 1. The SMILES string of the molecule is Cc1cc2c(NC(C)CCl)nccn2n1. The molecule has 2 aromatic heterocycles. The maximum absolute atomic E-state index is 5.75. The van der Waals surface area contributed by atoms with Crippen LogP contribution in [0, 0.1) is 6.92 Å². The van der Waals surface area contributed by atoms with Crippen LogP contribution in [0.4, 0.5) is 5.82 Å². The van der Waals surface area contributed by atoms with Crippen LogP contribution >= 0.6 is 11.6 Å². The molecular formula is C10H13ClN4. The first-order valence-corrected chi connectivity index (χ1v) is 5.37. The Balaban J connectivity index is 2.41. The van der Waals surface area contributed by atoms with Crippen LogP contribution in [0.1, 0.15) is 12.6 Å². The number of hydrogen-bond acceptors (Lipinski definition) is 3. The lowest BCUT2D eigenvalue weighted by molar-refractivity contribution is 0.881. The number of rotatable bonds is 3. The predicted octanol–water partition coefficient (Wildman–Crippen LogP) is 2.08. The molecule has 4 nitrogen and oxygen atoms in total. The van der Waals surface area contributed by atoms with Crippen LogP contribution in [0.25, 0.3) is 5.52 Å². The maximum atomic E-state index is 5.75. The molecule has 2 heterocycles. The molecule has 80 valence electrons. The smallest absolute Gasteiger partial charge is 0.152 e. The highest BCUT2D eigenvalue weighted by molar-refractivity contribution is 6.18. The highest BCUT2D eigenvalue weighted by Gasteiger charge is 2.07. The van der Waals surface area contributed by atoms with Gasteiger partial charge in [0.2, 0.25) is 0 Å². The van der Waals surface area contributed by atoms with Crippen LogP contribution in [0.3, 0.4) is 0 Å². The zero-order valence-corrected chi connectivity index (χ0v) is 9.49. The van der Waals surface area contributed by atoms with E-state index in [9.17, 15) is 0 Å². The minimum absolute atomic E-state index is 0.195. The van der Waals surface area contributed by atoms with Crippen molar-refractivity contribution < 1.29 is 0 Å². The third kappa shape index (κ3) is 2.04. The van der Waals surface area contributed by atoms with E-state index in [1.807, 2.05) is 30.6 Å². The lowest BCUT2D eigenvalue weighted by atomic mass is 10.3. The van der Waals surface area contributed by atoms with Gasteiger partial charge < -0.3 is 5.32 Å². The lowest BCUT2D eigenvalue weighted by Gasteiger charge is -2.11. The Morgan fingerprint density at radius 1 is 1.60 bits per heavy atom. The molecule has 1 unspecified atom stereocenters. The lowest BCUT2D eigenvalue weighted by Crippen LogP contribution is -2.17. The van der Waals surface area contributed by atoms with Gasteiger partial charge in [-0.05, 0) is 19.9 Å². The minimum atomic E-state index is 0.195. The number of nitrogens with one attached hydrogen (secondary N) is 1. The Morgan fingerprint density at radius 2 is 2.40 bits per heavy atom. The summed E-state index contributed by atoms with van der Waals surface area (Å²) >= 11 is 5.75. The molecule has 15 heavy (non-hydrogen) atoms. The summed E-state index contributed by atoms with van der Waals surface area (Å²) in [4.78, 5) is 4.28. The summed E-state index contributed by atoms with van der Waals surface area (Å²) in [6, 6.07) is 2.19. The van der Waals surface area contributed by atoms with Gasteiger partial charge in [-0.25, -0.2) is 9.50 Å². The molecular weight excluding hydrogens is 212 g/mol. The van der Waals surface area contributed by atoms with Crippen LogP contribution in [0.15, 0.2) is 18.5 Å². The van der Waals surface area contributed by atoms with E-state index >= 15 is 0 Å². The Hall–Kier alpha value is -1.29. The Labute approximate surface area is 93.3 Å². The van der Waals surface area contributed by atoms with Crippen LogP contribution in [0.2, 0.25) is 0 Å². The molecule has 0 radical (unpaired) electrons. The van der Waals surface area contributed by atoms with E-state index < -0.39 is 0 Å². The average Bonchev–Trinajstić information content (AvgIpc) is 2.59. The Kier molecular flexibility index (Phi) is 2.77. The second-order valence-corrected chi connectivity index (χ2v) is 3.90. The molecule has 1 atom stereocenters. The van der Waals surface area contributed by atoms with Crippen molar-refractivity contribution in [2.75, 3.05) is 11.2 Å². The molecule has 5 heteroatoms. The van der Waals surface area contributed by atoms with Gasteiger partial charge in [-0.15, -0.1) is 11.6 Å². The highest BCUT2D eigenvalue weighted by atomic mass is 35.5. The monoisotopic (exact) mass is 224 g/mol. The van der Waals surface area contributed by atoms with Crippen molar-refractivity contribution in [3.8, 4) is 0 Å². The third-order valence-electron chi connectivity index (χ3n) is 2.13. The van der Waals surface area contributed by atoms with Gasteiger partial charge >= 0.3 is 0 Å². The highest BCUT2D eigenvalue weighted by Crippen LogP contribution is 2.15. The van der Waals surface area contributed by atoms with E-state index in [2.05, 4.69) is 15.4 Å². The maximum Gasteiger partial charge on any atom is 0.152 e. The van der Waals surface area contributed by atoms with Crippen LogP contribution in [0.5, 0.6) is 0 Å². The zero-order valence-electron chi connectivity index (χ0n) is 8.74. The van der Waals surface area contributed by atoms with Gasteiger partial charge in [0.05, 0.1) is 5.69 Å². The number of hydrogen-bond donors (Lipinski definition) is 1. The number of nitrogens with zero attached hydrogens (tertiary/aromatic N) is 3. The summed E-state index contributed by atoms with van der Waals surface area (Å²) in [5.74, 6) is 1.38. The Bertz CT molecular complexity index is 465. The summed E-state index contributed by atoms with van der Waals surface area (Å²) in [7, 11) is 0. The molecule has 0 saturated heterocycles. The standard InChI is InChI=1S/C10H13ClN4/c1-7-5-9-10(13-8(2)6-11)12-3-4-15(9)14-7/h3-5,8H,6H2,1-2H3,(H,12,13). The first kappa shape index (κ1) is 10.2. The number of halogens is 1. The van der Waals surface area contributed by atoms with Gasteiger partial charge in [0.1, 0.15) is 5.52 Å². The van der Waals surface area contributed by atoms with Crippen molar-refractivity contribution >= 4 is 22.9 Å². The molecule has 0 aliphatic heterocycles. The van der Waals surface area contributed by atoms with Crippen molar-refractivity contribution in [3.05, 3.63) is 24.2 Å². The molecule has 0 aromatic carbocycles. The van der Waals surface area contributed by atoms with Gasteiger partial charge in [-0.3, -0.25) is 0 Å². The summed E-state index contributed by atoms with van der Waals surface area (Å²) in [5, 5.41) is 7.55. The fraction of sp³-hybridized carbons (Fsp3) is 0.400. The topological polar surface area (TPSA) is 42.2 Å². The molecule has 1 N–H and O–H groups in total. The van der Waals surface area contributed by atoms with Crippen molar-refractivity contribution in [1.82, 2.24) is 14.6 Å². The van der Waals surface area contributed by atoms with Crippen molar-refractivity contribution in [2.45, 2.75) is 19.9 Å². The second-order valence-electron chi connectivity index (χ2n) is 3.59. The predicted molar refractivity (Wildman–Crippen MR) is 61.5 cm³/mol. The quantitative estimate of drug-likeness (QED) is 0.812. The summed E-state index contributed by atoms with van der Waals surface area (Å²) in [6.45, 7) is 3.98. The van der Waals surface area contributed by atoms with Gasteiger partial charge in [0.25, 0.3) is 0 Å². The minimum Gasteiger partial charge on any atom is -0.365 e. The van der Waals surface area contributed by atoms with Gasteiger partial charge in [-0.2, -0.15) is 5.10 Å². The largest absolute Gasteiger partial charge is 0.365 e. The normalized spacial score (nSPS) is 13.0. The van der Waals surface area contributed by atoms with Crippen molar-refractivity contribution in [2.24, 2.45) is 0 Å². The van der Waals surface area contributed by atoms with Crippen LogP contribution in [-0.4, -0.2) is 26.5 Å². The first-order valence-electron chi connectivity index (χ1n) is 4.84. The van der Waals surface area contributed by atoms with E-state index in [0.717, 1.165) is 17.0 Å². The van der Waals surface area contributed by atoms with E-state index in [4.69, 9.17) is 11.6 Å². The number of aryl methyl sites for hydroxylation is 1. The fourth-order valence-corrected chi connectivity index (χ4v) is 1.50. The van der Waals surface area contributed by atoms with E-state index in [-0.39, 0.29) is 6.04 Å². The molecule has 2 rings (SSSR count). The second kappa shape index (κ2) is 4.06. The summed E-state index contributed by atoms with van der Waals surface area (Å²) in [5.41, 5.74) is 1.96. The molecule has 0 saturated carbocycles. The third-order valence-corrected chi connectivity index (χ3v) is 2.59. The molecule has 0 amide bonds.